The van der Waals surface area contributed by atoms with E-state index >= 15 is 0 Å². The van der Waals surface area contributed by atoms with Crippen molar-refractivity contribution in [3.63, 3.8) is 0 Å². The first-order valence-electron chi connectivity index (χ1n) is 5.66. The van der Waals surface area contributed by atoms with E-state index in [2.05, 4.69) is 0 Å². The fourth-order valence-corrected chi connectivity index (χ4v) is 2.68. The third-order valence-electron chi connectivity index (χ3n) is 2.99. The Morgan fingerprint density at radius 1 is 1.00 bits per heavy atom. The highest BCUT2D eigenvalue weighted by Crippen LogP contribution is 2.34. The predicted octanol–water partition coefficient (Wildman–Crippen LogP) is 4.91. The summed E-state index contributed by atoms with van der Waals surface area (Å²) in [6.07, 6.45) is 0. The Hall–Kier alpha value is -1.41. The van der Waals surface area contributed by atoms with Crippen LogP contribution in [0.25, 0.3) is 0 Å². The van der Waals surface area contributed by atoms with Crippen LogP contribution in [0.2, 0.25) is 0 Å². The standard InChI is InChI=1S/C15H13ClF2/c1-9-7-11(17)8-10(2)14(9)15(16)12-5-3-4-6-13(12)18/h3-8,15H,1-2H3. The summed E-state index contributed by atoms with van der Waals surface area (Å²) >= 11 is 6.34. The molecular formula is C15H13ClF2. The van der Waals surface area contributed by atoms with Crippen molar-refractivity contribution < 1.29 is 8.78 Å². The van der Waals surface area contributed by atoms with Crippen molar-refractivity contribution in [1.82, 2.24) is 0 Å². The fourth-order valence-electron chi connectivity index (χ4n) is 2.16. The highest BCUT2D eigenvalue weighted by atomic mass is 35.5. The third kappa shape index (κ3) is 2.39. The Balaban J connectivity index is 2.53. The molecule has 0 heterocycles. The maximum atomic E-state index is 13.7. The second kappa shape index (κ2) is 5.07. The molecule has 0 aliphatic carbocycles. The van der Waals surface area contributed by atoms with Gasteiger partial charge in [0.05, 0.1) is 5.38 Å². The smallest absolute Gasteiger partial charge is 0.128 e. The fraction of sp³-hybridized carbons (Fsp3) is 0.200. The van der Waals surface area contributed by atoms with Crippen LogP contribution in [-0.4, -0.2) is 0 Å². The van der Waals surface area contributed by atoms with Crippen LogP contribution in [0.3, 0.4) is 0 Å². The molecule has 1 atom stereocenters. The van der Waals surface area contributed by atoms with Crippen molar-refractivity contribution >= 4 is 11.6 Å². The lowest BCUT2D eigenvalue weighted by atomic mass is 9.95. The van der Waals surface area contributed by atoms with Gasteiger partial charge in [-0.2, -0.15) is 0 Å². The molecule has 2 aromatic carbocycles. The van der Waals surface area contributed by atoms with E-state index in [1.54, 1.807) is 32.0 Å². The first-order valence-corrected chi connectivity index (χ1v) is 6.09. The first-order chi connectivity index (χ1) is 8.50. The monoisotopic (exact) mass is 266 g/mol. The molecule has 0 bridgehead atoms. The van der Waals surface area contributed by atoms with Gasteiger partial charge in [0.2, 0.25) is 0 Å². The highest BCUT2D eigenvalue weighted by molar-refractivity contribution is 6.22. The molecule has 2 rings (SSSR count). The van der Waals surface area contributed by atoms with Gasteiger partial charge in [-0.15, -0.1) is 11.6 Å². The van der Waals surface area contributed by atoms with E-state index in [-0.39, 0.29) is 11.6 Å². The summed E-state index contributed by atoms with van der Waals surface area (Å²) in [6, 6.07) is 9.21. The Bertz CT molecular complexity index is 555. The Labute approximate surface area is 110 Å². The number of benzene rings is 2. The van der Waals surface area contributed by atoms with Gasteiger partial charge in [0.25, 0.3) is 0 Å². The summed E-state index contributed by atoms with van der Waals surface area (Å²) in [4.78, 5) is 0. The van der Waals surface area contributed by atoms with Gasteiger partial charge >= 0.3 is 0 Å². The molecule has 0 fully saturated rings. The molecular weight excluding hydrogens is 254 g/mol. The van der Waals surface area contributed by atoms with Crippen LogP contribution < -0.4 is 0 Å². The lowest BCUT2D eigenvalue weighted by molar-refractivity contribution is 0.610. The van der Waals surface area contributed by atoms with Crippen LogP contribution in [0, 0.1) is 25.5 Å². The van der Waals surface area contributed by atoms with Crippen molar-refractivity contribution in [1.29, 1.82) is 0 Å². The zero-order valence-corrected chi connectivity index (χ0v) is 10.9. The molecule has 2 aromatic rings. The van der Waals surface area contributed by atoms with E-state index in [9.17, 15) is 8.78 Å². The first kappa shape index (κ1) is 13.0. The van der Waals surface area contributed by atoms with Crippen molar-refractivity contribution in [3.05, 3.63) is 70.3 Å². The zero-order valence-electron chi connectivity index (χ0n) is 10.2. The molecule has 0 saturated carbocycles. The van der Waals surface area contributed by atoms with Gasteiger partial charge in [0, 0.05) is 5.56 Å². The van der Waals surface area contributed by atoms with Gasteiger partial charge in [0.1, 0.15) is 11.6 Å². The third-order valence-corrected chi connectivity index (χ3v) is 3.44. The maximum absolute atomic E-state index is 13.7. The molecule has 94 valence electrons. The van der Waals surface area contributed by atoms with E-state index in [0.29, 0.717) is 5.56 Å². The number of rotatable bonds is 2. The van der Waals surface area contributed by atoms with Gasteiger partial charge in [-0.1, -0.05) is 18.2 Å². The topological polar surface area (TPSA) is 0 Å². The van der Waals surface area contributed by atoms with Gasteiger partial charge < -0.3 is 0 Å². The van der Waals surface area contributed by atoms with Gasteiger partial charge in [0.15, 0.2) is 0 Å². The number of halogens is 3. The second-order valence-corrected chi connectivity index (χ2v) is 4.77. The van der Waals surface area contributed by atoms with E-state index < -0.39 is 5.38 Å². The minimum atomic E-state index is -0.605. The molecule has 3 heteroatoms. The van der Waals surface area contributed by atoms with Crippen LogP contribution in [0.4, 0.5) is 8.78 Å². The molecule has 0 N–H and O–H groups in total. The highest BCUT2D eigenvalue weighted by Gasteiger charge is 2.19. The summed E-state index contributed by atoms with van der Waals surface area (Å²) in [5.41, 5.74) is 2.65. The van der Waals surface area contributed by atoms with Crippen LogP contribution >= 0.6 is 11.6 Å². The molecule has 0 aliphatic rings. The molecule has 18 heavy (non-hydrogen) atoms. The summed E-state index contributed by atoms with van der Waals surface area (Å²) in [5.74, 6) is -0.647. The van der Waals surface area contributed by atoms with E-state index in [4.69, 9.17) is 11.6 Å². The van der Waals surface area contributed by atoms with E-state index in [1.807, 2.05) is 0 Å². The van der Waals surface area contributed by atoms with Crippen LogP contribution in [-0.2, 0) is 0 Å². The molecule has 0 aromatic heterocycles. The SMILES string of the molecule is Cc1cc(F)cc(C)c1C(Cl)c1ccccc1F. The minimum absolute atomic E-state index is 0.300. The summed E-state index contributed by atoms with van der Waals surface area (Å²) in [6.45, 7) is 3.56. The van der Waals surface area contributed by atoms with Crippen molar-refractivity contribution in [2.75, 3.05) is 0 Å². The lowest BCUT2D eigenvalue weighted by Gasteiger charge is -2.17. The van der Waals surface area contributed by atoms with Gasteiger partial charge in [-0.25, -0.2) is 8.78 Å². The molecule has 0 aliphatic heterocycles. The van der Waals surface area contributed by atoms with Crippen molar-refractivity contribution in [2.24, 2.45) is 0 Å². The second-order valence-electron chi connectivity index (χ2n) is 4.34. The zero-order chi connectivity index (χ0) is 13.3. The maximum Gasteiger partial charge on any atom is 0.128 e. The van der Waals surface area contributed by atoms with Crippen LogP contribution in [0.1, 0.15) is 27.6 Å². The van der Waals surface area contributed by atoms with Crippen LogP contribution in [0.15, 0.2) is 36.4 Å². The normalized spacial score (nSPS) is 12.5. The average Bonchev–Trinajstić information content (AvgIpc) is 2.27. The summed E-state index contributed by atoms with van der Waals surface area (Å²) in [7, 11) is 0. The number of aryl methyl sites for hydroxylation is 2. The Morgan fingerprint density at radius 2 is 1.56 bits per heavy atom. The molecule has 0 amide bonds. The van der Waals surface area contributed by atoms with E-state index in [0.717, 1.165) is 16.7 Å². The molecule has 1 unspecified atom stereocenters. The van der Waals surface area contributed by atoms with E-state index in [1.165, 1.54) is 18.2 Å². The number of alkyl halides is 1. The van der Waals surface area contributed by atoms with Gasteiger partial charge in [-0.3, -0.25) is 0 Å². The number of hydrogen-bond donors (Lipinski definition) is 0. The average molecular weight is 267 g/mol. The summed E-state index contributed by atoms with van der Waals surface area (Å²) in [5, 5.41) is -0.605. The number of hydrogen-bond acceptors (Lipinski definition) is 0. The summed E-state index contributed by atoms with van der Waals surface area (Å²) < 4.78 is 26.9. The molecule has 0 saturated heterocycles. The van der Waals surface area contributed by atoms with Crippen molar-refractivity contribution in [2.45, 2.75) is 19.2 Å². The molecule has 0 nitrogen and oxygen atoms in total. The molecule has 0 spiro atoms. The Kier molecular flexibility index (Phi) is 3.67. The van der Waals surface area contributed by atoms with Crippen LogP contribution in [0.5, 0.6) is 0 Å². The Morgan fingerprint density at radius 3 is 2.11 bits per heavy atom. The largest absolute Gasteiger partial charge is 0.207 e. The lowest BCUT2D eigenvalue weighted by Crippen LogP contribution is -2.02. The van der Waals surface area contributed by atoms with Gasteiger partial charge in [-0.05, 0) is 48.7 Å². The predicted molar refractivity (Wildman–Crippen MR) is 70.0 cm³/mol. The van der Waals surface area contributed by atoms with Crippen molar-refractivity contribution in [3.8, 4) is 0 Å². The quantitative estimate of drug-likeness (QED) is 0.678. The molecule has 0 radical (unpaired) electrons. The minimum Gasteiger partial charge on any atom is -0.207 e.